The van der Waals surface area contributed by atoms with E-state index in [1.807, 2.05) is 0 Å². The first-order chi connectivity index (χ1) is 17.9. The van der Waals surface area contributed by atoms with Crippen molar-refractivity contribution in [3.8, 4) is 22.4 Å². The summed E-state index contributed by atoms with van der Waals surface area (Å²) in [5.41, 5.74) is 10.8. The van der Waals surface area contributed by atoms with Gasteiger partial charge in [0.05, 0.1) is 0 Å². The third kappa shape index (κ3) is 3.35. The molecule has 1 aliphatic rings. The fourth-order valence-electron chi connectivity index (χ4n) is 5.92. The number of pyridine rings is 1. The predicted octanol–water partition coefficient (Wildman–Crippen LogP) is 6.35. The van der Waals surface area contributed by atoms with E-state index in [2.05, 4.69) is 130 Å². The fraction of sp³-hybridized carbons (Fsp3) is 0.147. The van der Waals surface area contributed by atoms with E-state index in [4.69, 9.17) is 4.42 Å². The monoisotopic (exact) mass is 546 g/mol. The summed E-state index contributed by atoms with van der Waals surface area (Å²) in [5, 5.41) is 2.33. The third-order valence-electron chi connectivity index (χ3n) is 7.93. The van der Waals surface area contributed by atoms with Crippen molar-refractivity contribution < 1.29 is 8.98 Å². The van der Waals surface area contributed by atoms with Crippen molar-refractivity contribution in [1.29, 1.82) is 0 Å². The van der Waals surface area contributed by atoms with Gasteiger partial charge in [0.15, 0.2) is 0 Å². The Balaban J connectivity index is 1.44. The number of aryl methyl sites for hydroxylation is 2. The Labute approximate surface area is 223 Å². The van der Waals surface area contributed by atoms with Crippen molar-refractivity contribution in [2.75, 3.05) is 0 Å². The second-order valence-corrected chi connectivity index (χ2v) is 12.8. The van der Waals surface area contributed by atoms with Crippen molar-refractivity contribution in [3.05, 3.63) is 114 Å². The van der Waals surface area contributed by atoms with Crippen LogP contribution in [0.1, 0.15) is 30.5 Å². The number of rotatable bonds is 2. The van der Waals surface area contributed by atoms with Gasteiger partial charge in [-0.3, -0.25) is 0 Å². The second-order valence-electron chi connectivity index (χ2n) is 10.5. The molecule has 6 aromatic rings. The maximum absolute atomic E-state index is 6.79. The number of benzene rings is 4. The molecule has 37 heavy (non-hydrogen) atoms. The third-order valence-corrected chi connectivity index (χ3v) is 10.3. The zero-order valence-corrected chi connectivity index (χ0v) is 23.2. The SMILES string of the molecule is Cc1ccc2c(oc3c(-c4ccc5c(c4)[Se]c4ccccc4C5(C)C)cccc32)c1-c1cccc[n+]1C. The van der Waals surface area contributed by atoms with Crippen LogP contribution in [0.5, 0.6) is 0 Å². The minimum absolute atomic E-state index is 0.00741. The molecule has 0 radical (unpaired) electrons. The number of aromatic nitrogens is 1. The van der Waals surface area contributed by atoms with Crippen molar-refractivity contribution in [2.45, 2.75) is 26.2 Å². The van der Waals surface area contributed by atoms with E-state index >= 15 is 0 Å². The van der Waals surface area contributed by atoms with Crippen LogP contribution in [0.15, 0.2) is 102 Å². The molecule has 7 rings (SSSR count). The van der Waals surface area contributed by atoms with Gasteiger partial charge in [-0.25, -0.2) is 0 Å². The first-order valence-corrected chi connectivity index (χ1v) is 14.5. The minimum atomic E-state index is 0.00741. The maximum atomic E-state index is 6.79. The van der Waals surface area contributed by atoms with Crippen molar-refractivity contribution >= 4 is 45.8 Å². The molecule has 2 nitrogen and oxygen atoms in total. The van der Waals surface area contributed by atoms with E-state index in [1.165, 1.54) is 41.9 Å². The quantitative estimate of drug-likeness (QED) is 0.183. The molecule has 0 N–H and O–H groups in total. The Morgan fingerprint density at radius 1 is 0.730 bits per heavy atom. The molecular formula is C34H28NOSe+. The summed E-state index contributed by atoms with van der Waals surface area (Å²) in [5.74, 6) is 0. The normalized spacial score (nSPS) is 14.1. The molecule has 3 heteroatoms. The molecule has 0 amide bonds. The first kappa shape index (κ1) is 22.5. The van der Waals surface area contributed by atoms with Gasteiger partial charge in [-0.15, -0.1) is 0 Å². The van der Waals surface area contributed by atoms with Gasteiger partial charge in [0.25, 0.3) is 0 Å². The summed E-state index contributed by atoms with van der Waals surface area (Å²) < 4.78 is 11.9. The van der Waals surface area contributed by atoms with E-state index in [1.54, 1.807) is 0 Å². The van der Waals surface area contributed by atoms with Crippen LogP contribution >= 0.6 is 0 Å². The summed E-state index contributed by atoms with van der Waals surface area (Å²) in [6.45, 7) is 6.88. The molecule has 180 valence electrons. The van der Waals surface area contributed by atoms with Crippen LogP contribution in [0, 0.1) is 6.92 Å². The average Bonchev–Trinajstić information content (AvgIpc) is 3.28. The van der Waals surface area contributed by atoms with E-state index in [0.29, 0.717) is 0 Å². The molecule has 0 bridgehead atoms. The second kappa shape index (κ2) is 8.18. The van der Waals surface area contributed by atoms with E-state index in [0.717, 1.165) is 28.0 Å². The van der Waals surface area contributed by atoms with Gasteiger partial charge >= 0.3 is 224 Å². The summed E-state index contributed by atoms with van der Waals surface area (Å²) in [6, 6.07) is 33.3. The van der Waals surface area contributed by atoms with Crippen LogP contribution in [-0.4, -0.2) is 15.0 Å². The molecule has 0 spiro atoms. The van der Waals surface area contributed by atoms with Crippen molar-refractivity contribution in [3.63, 3.8) is 0 Å². The van der Waals surface area contributed by atoms with Gasteiger partial charge in [-0.2, -0.15) is 0 Å². The number of nitrogens with zero attached hydrogens (tertiary/aromatic N) is 1. The molecule has 0 saturated heterocycles. The van der Waals surface area contributed by atoms with E-state index in [9.17, 15) is 0 Å². The Kier molecular flexibility index (Phi) is 4.98. The molecular weight excluding hydrogens is 517 g/mol. The van der Waals surface area contributed by atoms with Crippen LogP contribution in [0.4, 0.5) is 0 Å². The van der Waals surface area contributed by atoms with E-state index in [-0.39, 0.29) is 20.4 Å². The predicted molar refractivity (Wildman–Crippen MR) is 154 cm³/mol. The topological polar surface area (TPSA) is 17.0 Å². The average molecular weight is 546 g/mol. The van der Waals surface area contributed by atoms with Crippen LogP contribution in [0.2, 0.25) is 0 Å². The van der Waals surface area contributed by atoms with Crippen molar-refractivity contribution in [2.24, 2.45) is 7.05 Å². The van der Waals surface area contributed by atoms with Gasteiger partial charge in [0.2, 0.25) is 0 Å². The number of fused-ring (bicyclic) bond motifs is 5. The standard InChI is InChI=1S/C34H28NOSe/c1-21-15-17-25-24-11-9-10-23(32(24)36-33(25)31(21)28-13-7-8-19-35(28)4)22-16-18-27-30(20-22)37-29-14-6-5-12-26(29)34(27,2)3/h5-20H,1-4H3/q+1. The van der Waals surface area contributed by atoms with Crippen LogP contribution in [0.3, 0.4) is 0 Å². The number of para-hydroxylation sites is 1. The first-order valence-electron chi connectivity index (χ1n) is 12.8. The molecule has 0 aliphatic carbocycles. The van der Waals surface area contributed by atoms with Gasteiger partial charge in [0, 0.05) is 0 Å². The molecule has 0 atom stereocenters. The van der Waals surface area contributed by atoms with Crippen molar-refractivity contribution in [1.82, 2.24) is 0 Å². The molecule has 0 unspecified atom stereocenters. The summed E-state index contributed by atoms with van der Waals surface area (Å²) in [7, 11) is 2.09. The summed E-state index contributed by atoms with van der Waals surface area (Å²) in [4.78, 5) is 0. The molecule has 0 saturated carbocycles. The molecule has 4 aromatic carbocycles. The van der Waals surface area contributed by atoms with Crippen LogP contribution in [-0.2, 0) is 12.5 Å². The molecule has 3 heterocycles. The number of furan rings is 1. The number of hydrogen-bond acceptors (Lipinski definition) is 1. The van der Waals surface area contributed by atoms with Crippen LogP contribution < -0.4 is 13.5 Å². The van der Waals surface area contributed by atoms with Gasteiger partial charge in [0.1, 0.15) is 0 Å². The van der Waals surface area contributed by atoms with Crippen LogP contribution in [0.25, 0.3) is 44.3 Å². The van der Waals surface area contributed by atoms with Gasteiger partial charge in [-0.1, -0.05) is 0 Å². The molecule has 1 aliphatic heterocycles. The fourth-order valence-corrected chi connectivity index (χ4v) is 8.93. The zero-order valence-electron chi connectivity index (χ0n) is 21.5. The van der Waals surface area contributed by atoms with E-state index < -0.39 is 0 Å². The Morgan fingerprint density at radius 2 is 1.51 bits per heavy atom. The number of hydrogen-bond donors (Lipinski definition) is 0. The molecule has 0 fully saturated rings. The summed E-state index contributed by atoms with van der Waals surface area (Å²) in [6.07, 6.45) is 2.09. The Bertz CT molecular complexity index is 1860. The molecule has 2 aromatic heterocycles. The Hall–Kier alpha value is -3.65. The summed E-state index contributed by atoms with van der Waals surface area (Å²) >= 11 is 0.283. The zero-order chi connectivity index (χ0) is 25.3. The van der Waals surface area contributed by atoms with Gasteiger partial charge < -0.3 is 0 Å². The van der Waals surface area contributed by atoms with Gasteiger partial charge in [-0.05, 0) is 0 Å². The Morgan fingerprint density at radius 3 is 2.38 bits per heavy atom.